The van der Waals surface area contributed by atoms with Crippen molar-refractivity contribution in [2.75, 3.05) is 0 Å². The summed E-state index contributed by atoms with van der Waals surface area (Å²) in [4.78, 5) is 0. The Bertz CT molecular complexity index is 762. The molecular formula is C18H13FO2. The zero-order valence-corrected chi connectivity index (χ0v) is 11.1. The van der Waals surface area contributed by atoms with Crippen LogP contribution in [0.3, 0.4) is 0 Å². The molecule has 21 heavy (non-hydrogen) atoms. The van der Waals surface area contributed by atoms with E-state index in [4.69, 9.17) is 0 Å². The standard InChI is InChI=1S/C18H13FO2/c19-15-11-13(12-5-2-1-3-6-12)9-10-14(15)18-16(20)7-4-8-17(18)21/h1-11,20-21H. The number of aromatic hydroxyl groups is 2. The minimum atomic E-state index is -0.492. The van der Waals surface area contributed by atoms with Crippen LogP contribution in [0, 0.1) is 5.82 Å². The Kier molecular flexibility index (Phi) is 3.32. The fraction of sp³-hybridized carbons (Fsp3) is 0. The van der Waals surface area contributed by atoms with Crippen molar-refractivity contribution in [1.29, 1.82) is 0 Å². The average Bonchev–Trinajstić information content (AvgIpc) is 2.49. The molecule has 2 nitrogen and oxygen atoms in total. The fourth-order valence-corrected chi connectivity index (χ4v) is 2.33. The summed E-state index contributed by atoms with van der Waals surface area (Å²) in [6, 6.07) is 18.5. The Balaban J connectivity index is 2.11. The van der Waals surface area contributed by atoms with Gasteiger partial charge in [-0.3, -0.25) is 0 Å². The molecule has 3 aromatic carbocycles. The molecule has 0 aliphatic rings. The number of rotatable bonds is 2. The predicted molar refractivity (Wildman–Crippen MR) is 80.6 cm³/mol. The third-order valence-corrected chi connectivity index (χ3v) is 3.37. The van der Waals surface area contributed by atoms with Crippen LogP contribution in [0.5, 0.6) is 11.5 Å². The highest BCUT2D eigenvalue weighted by molar-refractivity contribution is 5.78. The van der Waals surface area contributed by atoms with E-state index >= 15 is 0 Å². The maximum Gasteiger partial charge on any atom is 0.131 e. The third-order valence-electron chi connectivity index (χ3n) is 3.37. The molecule has 0 bridgehead atoms. The number of benzene rings is 3. The van der Waals surface area contributed by atoms with Gasteiger partial charge < -0.3 is 10.2 Å². The molecule has 0 unspecified atom stereocenters. The number of hydrogen-bond donors (Lipinski definition) is 2. The Morgan fingerprint density at radius 1 is 0.667 bits per heavy atom. The summed E-state index contributed by atoms with van der Waals surface area (Å²) < 4.78 is 14.4. The highest BCUT2D eigenvalue weighted by Crippen LogP contribution is 2.39. The summed E-state index contributed by atoms with van der Waals surface area (Å²) in [5, 5.41) is 19.7. The van der Waals surface area contributed by atoms with Crippen molar-refractivity contribution >= 4 is 0 Å². The lowest BCUT2D eigenvalue weighted by Gasteiger charge is -2.10. The van der Waals surface area contributed by atoms with Crippen LogP contribution >= 0.6 is 0 Å². The topological polar surface area (TPSA) is 40.5 Å². The highest BCUT2D eigenvalue weighted by Gasteiger charge is 2.14. The van der Waals surface area contributed by atoms with Crippen LogP contribution in [0.1, 0.15) is 0 Å². The first-order valence-corrected chi connectivity index (χ1v) is 6.53. The molecule has 104 valence electrons. The van der Waals surface area contributed by atoms with E-state index in [2.05, 4.69) is 0 Å². The Labute approximate surface area is 121 Å². The highest BCUT2D eigenvalue weighted by atomic mass is 19.1. The molecule has 0 saturated heterocycles. The van der Waals surface area contributed by atoms with E-state index in [1.54, 1.807) is 12.1 Å². The van der Waals surface area contributed by atoms with E-state index in [9.17, 15) is 14.6 Å². The van der Waals surface area contributed by atoms with Gasteiger partial charge in [-0.2, -0.15) is 0 Å². The van der Waals surface area contributed by atoms with Crippen molar-refractivity contribution in [3.05, 3.63) is 72.5 Å². The van der Waals surface area contributed by atoms with E-state index < -0.39 is 5.82 Å². The van der Waals surface area contributed by atoms with Gasteiger partial charge in [0.25, 0.3) is 0 Å². The number of phenols is 2. The van der Waals surface area contributed by atoms with Crippen molar-refractivity contribution in [3.8, 4) is 33.8 Å². The van der Waals surface area contributed by atoms with Gasteiger partial charge in [-0.15, -0.1) is 0 Å². The van der Waals surface area contributed by atoms with E-state index in [1.807, 2.05) is 30.3 Å². The molecule has 3 aromatic rings. The molecule has 0 aromatic heterocycles. The van der Waals surface area contributed by atoms with Crippen LogP contribution in [-0.4, -0.2) is 10.2 Å². The SMILES string of the molecule is Oc1cccc(O)c1-c1ccc(-c2ccccc2)cc1F. The summed E-state index contributed by atoms with van der Waals surface area (Å²) in [5.74, 6) is -0.795. The number of halogens is 1. The second kappa shape index (κ2) is 5.29. The molecule has 0 atom stereocenters. The average molecular weight is 280 g/mol. The van der Waals surface area contributed by atoms with E-state index in [0.717, 1.165) is 11.1 Å². The second-order valence-corrected chi connectivity index (χ2v) is 4.73. The van der Waals surface area contributed by atoms with Gasteiger partial charge in [-0.25, -0.2) is 4.39 Å². The van der Waals surface area contributed by atoms with E-state index in [1.165, 1.54) is 24.3 Å². The van der Waals surface area contributed by atoms with Crippen molar-refractivity contribution < 1.29 is 14.6 Å². The zero-order chi connectivity index (χ0) is 14.8. The van der Waals surface area contributed by atoms with E-state index in [0.29, 0.717) is 0 Å². The first-order valence-electron chi connectivity index (χ1n) is 6.53. The lowest BCUT2D eigenvalue weighted by atomic mass is 9.98. The Morgan fingerprint density at radius 3 is 1.95 bits per heavy atom. The largest absolute Gasteiger partial charge is 0.507 e. The van der Waals surface area contributed by atoms with Crippen LogP contribution in [0.4, 0.5) is 4.39 Å². The van der Waals surface area contributed by atoms with Gasteiger partial charge in [0.05, 0.1) is 5.56 Å². The first-order chi connectivity index (χ1) is 10.2. The van der Waals surface area contributed by atoms with Crippen molar-refractivity contribution in [2.24, 2.45) is 0 Å². The summed E-state index contributed by atoms with van der Waals surface area (Å²) in [6.45, 7) is 0. The van der Waals surface area contributed by atoms with Crippen molar-refractivity contribution in [3.63, 3.8) is 0 Å². The minimum Gasteiger partial charge on any atom is -0.507 e. The maximum absolute atomic E-state index is 14.4. The second-order valence-electron chi connectivity index (χ2n) is 4.73. The van der Waals surface area contributed by atoms with Crippen LogP contribution in [-0.2, 0) is 0 Å². The molecule has 0 radical (unpaired) electrons. The van der Waals surface area contributed by atoms with Gasteiger partial charge in [0.1, 0.15) is 17.3 Å². The molecule has 3 heteroatoms. The molecular weight excluding hydrogens is 267 g/mol. The normalized spacial score (nSPS) is 10.5. The lowest BCUT2D eigenvalue weighted by molar-refractivity contribution is 0.453. The van der Waals surface area contributed by atoms with E-state index in [-0.39, 0.29) is 22.6 Å². The van der Waals surface area contributed by atoms with Crippen LogP contribution in [0.2, 0.25) is 0 Å². The van der Waals surface area contributed by atoms with Gasteiger partial charge >= 0.3 is 0 Å². The summed E-state index contributed by atoms with van der Waals surface area (Å²) >= 11 is 0. The number of phenolic OH excluding ortho intramolecular Hbond substituents is 2. The Morgan fingerprint density at radius 2 is 1.33 bits per heavy atom. The fourth-order valence-electron chi connectivity index (χ4n) is 2.33. The molecule has 3 rings (SSSR count). The molecule has 0 fully saturated rings. The van der Waals surface area contributed by atoms with Gasteiger partial charge in [-0.1, -0.05) is 48.5 Å². The summed E-state index contributed by atoms with van der Waals surface area (Å²) in [7, 11) is 0. The zero-order valence-electron chi connectivity index (χ0n) is 11.1. The smallest absolute Gasteiger partial charge is 0.131 e. The van der Waals surface area contributed by atoms with Crippen LogP contribution < -0.4 is 0 Å². The quantitative estimate of drug-likeness (QED) is 0.721. The van der Waals surface area contributed by atoms with Gasteiger partial charge in [-0.05, 0) is 29.3 Å². The first kappa shape index (κ1) is 13.2. The molecule has 2 N–H and O–H groups in total. The maximum atomic E-state index is 14.4. The number of hydrogen-bond acceptors (Lipinski definition) is 2. The third kappa shape index (κ3) is 2.46. The van der Waals surface area contributed by atoms with Gasteiger partial charge in [0.2, 0.25) is 0 Å². The Hall–Kier alpha value is -2.81. The van der Waals surface area contributed by atoms with Crippen LogP contribution in [0.15, 0.2) is 66.7 Å². The molecule has 0 saturated carbocycles. The van der Waals surface area contributed by atoms with Gasteiger partial charge in [0.15, 0.2) is 0 Å². The summed E-state index contributed by atoms with van der Waals surface area (Å²) in [5.41, 5.74) is 1.93. The minimum absolute atomic E-state index is 0.106. The lowest BCUT2D eigenvalue weighted by Crippen LogP contribution is -1.88. The van der Waals surface area contributed by atoms with Crippen molar-refractivity contribution in [2.45, 2.75) is 0 Å². The van der Waals surface area contributed by atoms with Crippen LogP contribution in [0.25, 0.3) is 22.3 Å². The molecule has 0 aliphatic heterocycles. The van der Waals surface area contributed by atoms with Gasteiger partial charge in [0, 0.05) is 5.56 Å². The monoisotopic (exact) mass is 280 g/mol. The molecule has 0 heterocycles. The molecule has 0 aliphatic carbocycles. The van der Waals surface area contributed by atoms with Crippen molar-refractivity contribution in [1.82, 2.24) is 0 Å². The molecule has 0 spiro atoms. The summed E-state index contributed by atoms with van der Waals surface area (Å²) in [6.07, 6.45) is 0. The molecule has 0 amide bonds. The predicted octanol–water partition coefficient (Wildman–Crippen LogP) is 4.57.